The summed E-state index contributed by atoms with van der Waals surface area (Å²) in [6.45, 7) is 12.7. The second-order valence-corrected chi connectivity index (χ2v) is 6.70. The minimum Gasteiger partial charge on any atom is -0.261 e. The molecule has 24 heavy (non-hydrogen) atoms. The first-order valence-corrected chi connectivity index (χ1v) is 8.59. The third-order valence-electron chi connectivity index (χ3n) is 4.14. The van der Waals surface area contributed by atoms with Crippen molar-refractivity contribution in [3.8, 4) is 0 Å². The zero-order valence-electron chi connectivity index (χ0n) is 15.8. The van der Waals surface area contributed by atoms with Crippen LogP contribution in [0.1, 0.15) is 46.2 Å². The SMILES string of the molecule is Cc1cc(C)c(N=CCCC=Nc2c(C)cc(C)cc2C)c(C)c1. The van der Waals surface area contributed by atoms with E-state index in [0.717, 1.165) is 24.2 Å². The van der Waals surface area contributed by atoms with Crippen LogP contribution in [0.25, 0.3) is 0 Å². The lowest BCUT2D eigenvalue weighted by Gasteiger charge is -2.06. The lowest BCUT2D eigenvalue weighted by molar-refractivity contribution is 1.18. The number of rotatable bonds is 5. The Hall–Kier alpha value is -2.22. The molecule has 2 nitrogen and oxygen atoms in total. The maximum Gasteiger partial charge on any atom is 0.0684 e. The maximum absolute atomic E-state index is 4.65. The van der Waals surface area contributed by atoms with Crippen LogP contribution in [0.15, 0.2) is 34.3 Å². The third-order valence-corrected chi connectivity index (χ3v) is 4.14. The zero-order valence-corrected chi connectivity index (χ0v) is 15.8. The van der Waals surface area contributed by atoms with Gasteiger partial charge in [0.15, 0.2) is 0 Å². The summed E-state index contributed by atoms with van der Waals surface area (Å²) >= 11 is 0. The van der Waals surface area contributed by atoms with E-state index in [9.17, 15) is 0 Å². The summed E-state index contributed by atoms with van der Waals surface area (Å²) in [6.07, 6.45) is 5.82. The van der Waals surface area contributed by atoms with Crippen molar-refractivity contribution in [2.24, 2.45) is 9.98 Å². The molecule has 0 aliphatic heterocycles. The van der Waals surface area contributed by atoms with Gasteiger partial charge in [-0.15, -0.1) is 0 Å². The van der Waals surface area contributed by atoms with Crippen molar-refractivity contribution in [3.63, 3.8) is 0 Å². The fourth-order valence-corrected chi connectivity index (χ4v) is 3.21. The van der Waals surface area contributed by atoms with Gasteiger partial charge in [-0.3, -0.25) is 9.98 Å². The van der Waals surface area contributed by atoms with E-state index in [2.05, 4.69) is 75.8 Å². The van der Waals surface area contributed by atoms with Gasteiger partial charge < -0.3 is 0 Å². The lowest BCUT2D eigenvalue weighted by atomic mass is 10.1. The summed E-state index contributed by atoms with van der Waals surface area (Å²) in [6, 6.07) is 8.74. The molecular weight excluding hydrogens is 292 g/mol. The van der Waals surface area contributed by atoms with Crippen molar-refractivity contribution in [2.45, 2.75) is 54.4 Å². The molecule has 2 aromatic rings. The van der Waals surface area contributed by atoms with Crippen molar-refractivity contribution in [1.82, 2.24) is 0 Å². The molecule has 0 aromatic heterocycles. The monoisotopic (exact) mass is 320 g/mol. The second-order valence-electron chi connectivity index (χ2n) is 6.70. The summed E-state index contributed by atoms with van der Waals surface area (Å²) in [4.78, 5) is 9.30. The molecule has 0 bridgehead atoms. The van der Waals surface area contributed by atoms with E-state index in [4.69, 9.17) is 0 Å². The highest BCUT2D eigenvalue weighted by Gasteiger charge is 2.02. The van der Waals surface area contributed by atoms with E-state index < -0.39 is 0 Å². The van der Waals surface area contributed by atoms with Crippen LogP contribution in [0.3, 0.4) is 0 Å². The van der Waals surface area contributed by atoms with Crippen LogP contribution in [-0.2, 0) is 0 Å². The number of aryl methyl sites for hydroxylation is 6. The van der Waals surface area contributed by atoms with Gasteiger partial charge in [-0.2, -0.15) is 0 Å². The van der Waals surface area contributed by atoms with Gasteiger partial charge in [0.2, 0.25) is 0 Å². The molecule has 0 aliphatic rings. The van der Waals surface area contributed by atoms with E-state index in [1.807, 2.05) is 12.4 Å². The average molecular weight is 320 g/mol. The standard InChI is InChI=1S/C22H28N2/c1-15-11-17(3)21(18(4)12-15)23-9-7-8-10-24-22-19(5)13-16(2)14-20(22)6/h9-14H,7-8H2,1-6H3. The first-order chi connectivity index (χ1) is 11.4. The lowest BCUT2D eigenvalue weighted by Crippen LogP contribution is -1.86. The van der Waals surface area contributed by atoms with Crippen LogP contribution in [-0.4, -0.2) is 12.4 Å². The molecule has 0 amide bonds. The zero-order chi connectivity index (χ0) is 17.7. The van der Waals surface area contributed by atoms with Gasteiger partial charge in [-0.25, -0.2) is 0 Å². The van der Waals surface area contributed by atoms with Crippen molar-refractivity contribution in [1.29, 1.82) is 0 Å². The van der Waals surface area contributed by atoms with Crippen molar-refractivity contribution < 1.29 is 0 Å². The Balaban J connectivity index is 1.96. The number of hydrogen-bond donors (Lipinski definition) is 0. The van der Waals surface area contributed by atoms with Gasteiger partial charge in [0.05, 0.1) is 11.4 Å². The molecule has 0 radical (unpaired) electrons. The molecule has 0 aliphatic carbocycles. The van der Waals surface area contributed by atoms with Gasteiger partial charge in [0.1, 0.15) is 0 Å². The largest absolute Gasteiger partial charge is 0.261 e. The Morgan fingerprint density at radius 2 is 0.875 bits per heavy atom. The molecular formula is C22H28N2. The molecule has 0 spiro atoms. The second kappa shape index (κ2) is 8.05. The number of hydrogen-bond acceptors (Lipinski definition) is 2. The predicted octanol–water partition coefficient (Wildman–Crippen LogP) is 6.42. The molecule has 2 heteroatoms. The van der Waals surface area contributed by atoms with E-state index in [1.54, 1.807) is 0 Å². The van der Waals surface area contributed by atoms with Gasteiger partial charge in [0.25, 0.3) is 0 Å². The molecule has 0 heterocycles. The number of benzene rings is 2. The Morgan fingerprint density at radius 1 is 0.583 bits per heavy atom. The average Bonchev–Trinajstić information content (AvgIpc) is 2.46. The molecule has 0 fully saturated rings. The summed E-state index contributed by atoms with van der Waals surface area (Å²) in [7, 11) is 0. The fourth-order valence-electron chi connectivity index (χ4n) is 3.21. The van der Waals surface area contributed by atoms with E-state index in [0.29, 0.717) is 0 Å². The van der Waals surface area contributed by atoms with Gasteiger partial charge >= 0.3 is 0 Å². The molecule has 126 valence electrons. The number of nitrogens with zero attached hydrogens (tertiary/aromatic N) is 2. The Kier molecular flexibility index (Phi) is 6.08. The highest BCUT2D eigenvalue weighted by atomic mass is 14.7. The third kappa shape index (κ3) is 4.64. The van der Waals surface area contributed by atoms with Gasteiger partial charge in [-0.1, -0.05) is 35.4 Å². The van der Waals surface area contributed by atoms with E-state index >= 15 is 0 Å². The fraction of sp³-hybridized carbons (Fsp3) is 0.364. The Labute approximate surface area is 146 Å². The summed E-state index contributed by atoms with van der Waals surface area (Å²) in [5.74, 6) is 0. The molecule has 2 rings (SSSR count). The molecule has 2 aromatic carbocycles. The molecule has 0 atom stereocenters. The van der Waals surface area contributed by atoms with Crippen LogP contribution in [0.2, 0.25) is 0 Å². The molecule has 0 saturated heterocycles. The highest BCUT2D eigenvalue weighted by molar-refractivity contribution is 5.72. The minimum atomic E-state index is 0.903. The van der Waals surface area contributed by atoms with Crippen molar-refractivity contribution in [2.75, 3.05) is 0 Å². The first-order valence-electron chi connectivity index (χ1n) is 8.59. The van der Waals surface area contributed by atoms with E-state index in [1.165, 1.54) is 33.4 Å². The Bertz CT molecular complexity index is 669. The summed E-state index contributed by atoms with van der Waals surface area (Å²) < 4.78 is 0. The smallest absolute Gasteiger partial charge is 0.0684 e. The van der Waals surface area contributed by atoms with Crippen molar-refractivity contribution in [3.05, 3.63) is 57.6 Å². The van der Waals surface area contributed by atoms with Crippen LogP contribution >= 0.6 is 0 Å². The normalized spacial score (nSPS) is 11.8. The van der Waals surface area contributed by atoms with Gasteiger partial charge in [-0.05, 0) is 76.6 Å². The molecule has 0 unspecified atom stereocenters. The van der Waals surface area contributed by atoms with Crippen molar-refractivity contribution >= 4 is 23.8 Å². The quantitative estimate of drug-likeness (QED) is 0.448. The maximum atomic E-state index is 4.65. The highest BCUT2D eigenvalue weighted by Crippen LogP contribution is 2.25. The number of aliphatic imine (C=N–C) groups is 2. The molecule has 0 N–H and O–H groups in total. The topological polar surface area (TPSA) is 24.7 Å². The van der Waals surface area contributed by atoms with Crippen LogP contribution < -0.4 is 0 Å². The van der Waals surface area contributed by atoms with Crippen LogP contribution in [0.5, 0.6) is 0 Å². The summed E-state index contributed by atoms with van der Waals surface area (Å²) in [5.41, 5.74) is 9.74. The Morgan fingerprint density at radius 3 is 1.17 bits per heavy atom. The van der Waals surface area contributed by atoms with E-state index in [-0.39, 0.29) is 0 Å². The number of unbranched alkanes of at least 4 members (excludes halogenated alkanes) is 1. The van der Waals surface area contributed by atoms with Crippen LogP contribution in [0.4, 0.5) is 11.4 Å². The molecule has 0 saturated carbocycles. The minimum absolute atomic E-state index is 0.903. The first kappa shape index (κ1) is 18.1. The predicted molar refractivity (Wildman–Crippen MR) is 107 cm³/mol. The summed E-state index contributed by atoms with van der Waals surface area (Å²) in [5, 5.41) is 0. The van der Waals surface area contributed by atoms with Gasteiger partial charge in [0, 0.05) is 12.4 Å². The van der Waals surface area contributed by atoms with Crippen LogP contribution in [0, 0.1) is 41.5 Å².